The summed E-state index contributed by atoms with van der Waals surface area (Å²) in [6.07, 6.45) is 0.323. The zero-order valence-corrected chi connectivity index (χ0v) is 23.8. The second-order valence-electron chi connectivity index (χ2n) is 8.58. The van der Waals surface area contributed by atoms with Crippen molar-refractivity contribution in [3.63, 3.8) is 0 Å². The van der Waals surface area contributed by atoms with E-state index < -0.39 is 28.5 Å². The molecular weight excluding hydrogens is 542 g/mol. The van der Waals surface area contributed by atoms with E-state index in [0.717, 1.165) is 9.87 Å². The molecule has 0 aliphatic rings. The van der Waals surface area contributed by atoms with Crippen LogP contribution in [-0.4, -0.2) is 59.0 Å². The van der Waals surface area contributed by atoms with E-state index in [0.29, 0.717) is 22.9 Å². The van der Waals surface area contributed by atoms with Gasteiger partial charge in [-0.3, -0.25) is 13.9 Å². The van der Waals surface area contributed by atoms with Crippen LogP contribution in [0.3, 0.4) is 0 Å². The molecule has 0 radical (unpaired) electrons. The summed E-state index contributed by atoms with van der Waals surface area (Å²) < 4.78 is 39.0. The second-order valence-corrected chi connectivity index (χ2v) is 10.9. The molecule has 0 aliphatic heterocycles. The summed E-state index contributed by atoms with van der Waals surface area (Å²) in [4.78, 5) is 28.0. The van der Waals surface area contributed by atoms with E-state index >= 15 is 0 Å². The lowest BCUT2D eigenvalue weighted by atomic mass is 10.1. The molecule has 0 aliphatic carbocycles. The zero-order valence-electron chi connectivity index (χ0n) is 22.3. The minimum atomic E-state index is -4.21. The SMILES string of the molecule is CC[C@H](C(=O)NC)N(Cc1ccc(OC)cc1)C(=O)CN(c1cccc(Cl)c1)S(=O)(=O)c1ccc(OC)cc1. The minimum absolute atomic E-state index is 0.0314. The quantitative estimate of drug-likeness (QED) is 0.350. The fourth-order valence-electron chi connectivity index (χ4n) is 4.05. The Labute approximate surface area is 234 Å². The summed E-state index contributed by atoms with van der Waals surface area (Å²) in [7, 11) is 0.317. The van der Waals surface area contributed by atoms with Gasteiger partial charge in [0.2, 0.25) is 11.8 Å². The Morgan fingerprint density at radius 2 is 1.54 bits per heavy atom. The van der Waals surface area contributed by atoms with Crippen molar-refractivity contribution in [2.75, 3.05) is 32.1 Å². The highest BCUT2D eigenvalue weighted by Crippen LogP contribution is 2.28. The lowest BCUT2D eigenvalue weighted by Gasteiger charge is -2.33. The van der Waals surface area contributed by atoms with Gasteiger partial charge in [0.1, 0.15) is 24.1 Å². The molecule has 3 aromatic rings. The third kappa shape index (κ3) is 7.21. The van der Waals surface area contributed by atoms with E-state index in [1.807, 2.05) is 0 Å². The number of halogens is 1. The molecule has 0 heterocycles. The monoisotopic (exact) mass is 573 g/mol. The summed E-state index contributed by atoms with van der Waals surface area (Å²) in [6.45, 7) is 1.32. The highest BCUT2D eigenvalue weighted by molar-refractivity contribution is 7.92. The van der Waals surface area contributed by atoms with Crippen molar-refractivity contribution in [1.29, 1.82) is 0 Å². The average Bonchev–Trinajstić information content (AvgIpc) is 2.95. The Morgan fingerprint density at radius 1 is 0.949 bits per heavy atom. The number of ether oxygens (including phenoxy) is 2. The van der Waals surface area contributed by atoms with Gasteiger partial charge in [-0.1, -0.05) is 36.7 Å². The van der Waals surface area contributed by atoms with Crippen molar-refractivity contribution in [3.8, 4) is 11.5 Å². The Kier molecular flexibility index (Phi) is 10.2. The van der Waals surface area contributed by atoms with Gasteiger partial charge in [0.15, 0.2) is 0 Å². The van der Waals surface area contributed by atoms with Crippen molar-refractivity contribution >= 4 is 39.1 Å². The average molecular weight is 574 g/mol. The van der Waals surface area contributed by atoms with Crippen LogP contribution in [0.15, 0.2) is 77.7 Å². The van der Waals surface area contributed by atoms with Crippen LogP contribution in [0.4, 0.5) is 5.69 Å². The molecule has 39 heavy (non-hydrogen) atoms. The Bertz CT molecular complexity index is 1380. The number of carbonyl (C=O) groups excluding carboxylic acids is 2. The van der Waals surface area contributed by atoms with Crippen LogP contribution in [0.25, 0.3) is 0 Å². The van der Waals surface area contributed by atoms with Gasteiger partial charge < -0.3 is 19.7 Å². The number of benzene rings is 3. The zero-order chi connectivity index (χ0) is 28.6. The van der Waals surface area contributed by atoms with Gasteiger partial charge in [-0.2, -0.15) is 0 Å². The predicted octanol–water partition coefficient (Wildman–Crippen LogP) is 4.11. The largest absolute Gasteiger partial charge is 0.497 e. The van der Waals surface area contributed by atoms with Crippen molar-refractivity contribution in [2.24, 2.45) is 0 Å². The molecular formula is C28H32ClN3O6S. The van der Waals surface area contributed by atoms with Gasteiger partial charge in [0, 0.05) is 18.6 Å². The highest BCUT2D eigenvalue weighted by atomic mass is 35.5. The van der Waals surface area contributed by atoms with Crippen LogP contribution >= 0.6 is 11.6 Å². The van der Waals surface area contributed by atoms with Crippen LogP contribution in [0, 0.1) is 0 Å². The molecule has 11 heteroatoms. The smallest absolute Gasteiger partial charge is 0.264 e. The van der Waals surface area contributed by atoms with Crippen LogP contribution in [0.5, 0.6) is 11.5 Å². The molecule has 1 N–H and O–H groups in total. The number of rotatable bonds is 12. The molecule has 0 spiro atoms. The van der Waals surface area contributed by atoms with Gasteiger partial charge in [-0.25, -0.2) is 8.42 Å². The third-order valence-corrected chi connectivity index (χ3v) is 8.19. The van der Waals surface area contributed by atoms with Crippen molar-refractivity contribution in [2.45, 2.75) is 30.8 Å². The van der Waals surface area contributed by atoms with E-state index in [1.165, 1.54) is 49.4 Å². The van der Waals surface area contributed by atoms with E-state index in [2.05, 4.69) is 5.32 Å². The summed E-state index contributed by atoms with van der Waals surface area (Å²) >= 11 is 6.19. The van der Waals surface area contributed by atoms with E-state index in [1.54, 1.807) is 56.5 Å². The molecule has 0 unspecified atom stereocenters. The van der Waals surface area contributed by atoms with Crippen LogP contribution in [0.2, 0.25) is 5.02 Å². The Balaban J connectivity index is 2.04. The summed E-state index contributed by atoms with van der Waals surface area (Å²) in [5.74, 6) is 0.221. The number of sulfonamides is 1. The molecule has 0 bridgehead atoms. The highest BCUT2D eigenvalue weighted by Gasteiger charge is 2.33. The van der Waals surface area contributed by atoms with Crippen LogP contribution in [-0.2, 0) is 26.2 Å². The number of hydrogen-bond donors (Lipinski definition) is 1. The lowest BCUT2D eigenvalue weighted by molar-refractivity contribution is -0.140. The molecule has 9 nitrogen and oxygen atoms in total. The van der Waals surface area contributed by atoms with Crippen LogP contribution in [0.1, 0.15) is 18.9 Å². The number of methoxy groups -OCH3 is 2. The number of likely N-dealkylation sites (N-methyl/N-ethyl adjacent to an activating group) is 1. The molecule has 3 aromatic carbocycles. The predicted molar refractivity (Wildman–Crippen MR) is 151 cm³/mol. The second kappa shape index (κ2) is 13.3. The maximum atomic E-state index is 13.9. The van der Waals surface area contributed by atoms with Gasteiger partial charge in [0.25, 0.3) is 10.0 Å². The summed E-state index contributed by atoms with van der Waals surface area (Å²) in [6, 6.07) is 18.4. The van der Waals surface area contributed by atoms with Crippen molar-refractivity contribution in [1.82, 2.24) is 10.2 Å². The van der Waals surface area contributed by atoms with Crippen molar-refractivity contribution < 1.29 is 27.5 Å². The lowest BCUT2D eigenvalue weighted by Crippen LogP contribution is -2.51. The number of carbonyl (C=O) groups is 2. The van der Waals surface area contributed by atoms with Gasteiger partial charge in [-0.15, -0.1) is 0 Å². The molecule has 3 rings (SSSR count). The van der Waals surface area contributed by atoms with Gasteiger partial charge in [-0.05, 0) is 66.6 Å². The standard InChI is InChI=1S/C28H32ClN3O6S/c1-5-26(28(34)30-2)31(18-20-9-11-23(37-3)12-10-20)27(33)19-32(22-8-6-7-21(29)17-22)39(35,36)25-15-13-24(38-4)14-16-25/h6-17,26H,5,18-19H2,1-4H3,(H,30,34)/t26-/m1/s1. The van der Waals surface area contributed by atoms with E-state index in [4.69, 9.17) is 21.1 Å². The number of amides is 2. The fraction of sp³-hybridized carbons (Fsp3) is 0.286. The van der Waals surface area contributed by atoms with E-state index in [9.17, 15) is 18.0 Å². The topological polar surface area (TPSA) is 105 Å². The number of nitrogens with one attached hydrogen (secondary N) is 1. The van der Waals surface area contributed by atoms with Gasteiger partial charge in [0.05, 0.1) is 24.8 Å². The molecule has 0 saturated carbocycles. The number of hydrogen-bond acceptors (Lipinski definition) is 6. The summed E-state index contributed by atoms with van der Waals surface area (Å²) in [5, 5.41) is 2.91. The van der Waals surface area contributed by atoms with Crippen LogP contribution < -0.4 is 19.1 Å². The number of nitrogens with zero attached hydrogens (tertiary/aromatic N) is 2. The molecule has 0 aromatic heterocycles. The maximum Gasteiger partial charge on any atom is 0.264 e. The fourth-order valence-corrected chi connectivity index (χ4v) is 5.64. The first-order valence-electron chi connectivity index (χ1n) is 12.2. The Morgan fingerprint density at radius 3 is 2.05 bits per heavy atom. The number of anilines is 1. The first kappa shape index (κ1) is 29.8. The van der Waals surface area contributed by atoms with E-state index in [-0.39, 0.29) is 23.0 Å². The molecule has 0 fully saturated rings. The van der Waals surface area contributed by atoms with Gasteiger partial charge >= 0.3 is 0 Å². The molecule has 0 saturated heterocycles. The maximum absolute atomic E-state index is 13.9. The third-order valence-electron chi connectivity index (χ3n) is 6.17. The molecule has 2 amide bonds. The normalized spacial score (nSPS) is 11.8. The minimum Gasteiger partial charge on any atom is -0.497 e. The Hall–Kier alpha value is -3.76. The molecule has 208 valence electrons. The molecule has 1 atom stereocenters. The first-order chi connectivity index (χ1) is 18.6. The summed E-state index contributed by atoms with van der Waals surface area (Å²) in [5.41, 5.74) is 0.961. The van der Waals surface area contributed by atoms with Crippen molar-refractivity contribution in [3.05, 3.63) is 83.4 Å². The first-order valence-corrected chi connectivity index (χ1v) is 14.0.